The molecule has 0 amide bonds. The van der Waals surface area contributed by atoms with Gasteiger partial charge in [0.25, 0.3) is 0 Å². The zero-order valence-electron chi connectivity index (χ0n) is 12.8. The molecule has 0 radical (unpaired) electrons. The van der Waals surface area contributed by atoms with Crippen molar-refractivity contribution in [1.82, 2.24) is 9.21 Å². The maximum absolute atomic E-state index is 12.8. The fourth-order valence-electron chi connectivity index (χ4n) is 2.40. The highest BCUT2D eigenvalue weighted by Crippen LogP contribution is 2.24. The fraction of sp³-hybridized carbons (Fsp3) is 0.533. The molecule has 0 atom stereocenters. The van der Waals surface area contributed by atoms with E-state index in [-0.39, 0.29) is 22.9 Å². The third-order valence-electron chi connectivity index (χ3n) is 3.70. The van der Waals surface area contributed by atoms with Crippen LogP contribution in [0.1, 0.15) is 6.42 Å². The van der Waals surface area contributed by atoms with Crippen LogP contribution in [0.5, 0.6) is 0 Å². The highest BCUT2D eigenvalue weighted by molar-refractivity contribution is 7.89. The molecule has 1 aliphatic rings. The van der Waals surface area contributed by atoms with E-state index in [0.717, 1.165) is 13.1 Å². The Morgan fingerprint density at radius 1 is 1.26 bits per heavy atom. The lowest BCUT2D eigenvalue weighted by Gasteiger charge is -2.29. The number of rotatable bonds is 7. The van der Waals surface area contributed by atoms with Crippen molar-refractivity contribution in [2.75, 3.05) is 45.9 Å². The van der Waals surface area contributed by atoms with Crippen molar-refractivity contribution in [3.63, 3.8) is 0 Å². The third kappa shape index (κ3) is 4.90. The molecule has 126 valence electrons. The Bertz CT molecular complexity index is 654. The van der Waals surface area contributed by atoms with Gasteiger partial charge in [-0.1, -0.05) is 23.7 Å². The van der Waals surface area contributed by atoms with Crippen molar-refractivity contribution in [3.05, 3.63) is 29.3 Å². The van der Waals surface area contributed by atoms with Crippen molar-refractivity contribution in [1.29, 1.82) is 5.26 Å². The summed E-state index contributed by atoms with van der Waals surface area (Å²) in [6, 6.07) is 8.38. The van der Waals surface area contributed by atoms with Crippen LogP contribution in [0.3, 0.4) is 0 Å². The standard InChI is InChI=1S/C15H20ClN3O3S/c16-14-4-1-2-5-15(14)23(20,21)19(7-3-6-17)9-8-18-10-12-22-13-11-18/h1-2,4-5H,3,7-13H2. The fourth-order valence-corrected chi connectivity index (χ4v) is 4.32. The molecule has 0 spiro atoms. The molecule has 1 fully saturated rings. The Balaban J connectivity index is 2.13. The number of nitriles is 1. The zero-order chi connectivity index (χ0) is 16.7. The van der Waals surface area contributed by atoms with Gasteiger partial charge in [0.2, 0.25) is 10.0 Å². The van der Waals surface area contributed by atoms with Crippen LogP contribution in [0.4, 0.5) is 0 Å². The van der Waals surface area contributed by atoms with Crippen LogP contribution in [0, 0.1) is 11.3 Å². The van der Waals surface area contributed by atoms with Gasteiger partial charge in [0, 0.05) is 39.1 Å². The number of hydrogen-bond donors (Lipinski definition) is 0. The van der Waals surface area contributed by atoms with Crippen LogP contribution in [0.2, 0.25) is 5.02 Å². The van der Waals surface area contributed by atoms with Gasteiger partial charge >= 0.3 is 0 Å². The minimum Gasteiger partial charge on any atom is -0.379 e. The molecule has 0 saturated carbocycles. The van der Waals surface area contributed by atoms with Crippen molar-refractivity contribution in [2.24, 2.45) is 0 Å². The Morgan fingerprint density at radius 2 is 1.96 bits per heavy atom. The van der Waals surface area contributed by atoms with Gasteiger partial charge in [-0.2, -0.15) is 9.57 Å². The van der Waals surface area contributed by atoms with E-state index in [1.807, 2.05) is 6.07 Å². The molecule has 0 bridgehead atoms. The molecule has 1 aromatic rings. The lowest BCUT2D eigenvalue weighted by atomic mass is 10.4. The predicted octanol–water partition coefficient (Wildman–Crippen LogP) is 1.58. The third-order valence-corrected chi connectivity index (χ3v) is 6.10. The smallest absolute Gasteiger partial charge is 0.244 e. The molecule has 1 aliphatic heterocycles. The van der Waals surface area contributed by atoms with E-state index >= 15 is 0 Å². The summed E-state index contributed by atoms with van der Waals surface area (Å²) in [5, 5.41) is 8.99. The highest BCUT2D eigenvalue weighted by atomic mass is 35.5. The number of morpholine rings is 1. The molecule has 6 nitrogen and oxygen atoms in total. The second-order valence-corrected chi connectivity index (χ2v) is 7.51. The van der Waals surface area contributed by atoms with E-state index in [9.17, 15) is 8.42 Å². The van der Waals surface area contributed by atoms with Crippen molar-refractivity contribution in [2.45, 2.75) is 11.3 Å². The number of nitrogens with zero attached hydrogens (tertiary/aromatic N) is 3. The van der Waals surface area contributed by atoms with Gasteiger partial charge in [0.05, 0.1) is 24.3 Å². The molecule has 0 N–H and O–H groups in total. The van der Waals surface area contributed by atoms with Gasteiger partial charge in [-0.05, 0) is 12.1 Å². The van der Waals surface area contributed by atoms with Gasteiger partial charge in [0.15, 0.2) is 0 Å². The van der Waals surface area contributed by atoms with E-state index in [0.29, 0.717) is 26.3 Å². The quantitative estimate of drug-likeness (QED) is 0.740. The second kappa shape index (κ2) is 8.62. The summed E-state index contributed by atoms with van der Waals surface area (Å²) >= 11 is 6.04. The first kappa shape index (κ1) is 18.2. The van der Waals surface area contributed by atoms with E-state index < -0.39 is 10.0 Å². The van der Waals surface area contributed by atoms with E-state index in [2.05, 4.69) is 4.90 Å². The molecule has 8 heteroatoms. The number of hydrogen-bond acceptors (Lipinski definition) is 5. The topological polar surface area (TPSA) is 73.6 Å². The average molecular weight is 358 g/mol. The first-order valence-electron chi connectivity index (χ1n) is 7.47. The molecule has 0 unspecified atom stereocenters. The summed E-state index contributed by atoms with van der Waals surface area (Å²) in [6.07, 6.45) is 0.146. The maximum atomic E-state index is 12.8. The van der Waals surface area contributed by atoms with Crippen molar-refractivity contribution < 1.29 is 13.2 Å². The van der Waals surface area contributed by atoms with E-state index in [4.69, 9.17) is 21.6 Å². The Hall–Kier alpha value is -1.17. The molecule has 0 aromatic heterocycles. The maximum Gasteiger partial charge on any atom is 0.244 e. The summed E-state index contributed by atoms with van der Waals surface area (Å²) < 4.78 is 32.3. The molecule has 1 aromatic carbocycles. The Morgan fingerprint density at radius 3 is 2.61 bits per heavy atom. The summed E-state index contributed by atoms with van der Waals surface area (Å²) in [5.41, 5.74) is 0. The Labute approximate surface area is 142 Å². The van der Waals surface area contributed by atoms with Gasteiger partial charge in [-0.3, -0.25) is 4.90 Å². The van der Waals surface area contributed by atoms with Gasteiger partial charge in [-0.25, -0.2) is 8.42 Å². The van der Waals surface area contributed by atoms with Crippen LogP contribution >= 0.6 is 11.6 Å². The first-order chi connectivity index (χ1) is 11.1. The minimum atomic E-state index is -3.71. The van der Waals surface area contributed by atoms with Crippen LogP contribution < -0.4 is 0 Å². The van der Waals surface area contributed by atoms with E-state index in [1.165, 1.54) is 10.4 Å². The van der Waals surface area contributed by atoms with Gasteiger partial charge < -0.3 is 4.74 Å². The number of ether oxygens (including phenoxy) is 1. The SMILES string of the molecule is N#CCCN(CCN1CCOCC1)S(=O)(=O)c1ccccc1Cl. The summed E-state index contributed by atoms with van der Waals surface area (Å²) in [4.78, 5) is 2.24. The predicted molar refractivity (Wildman–Crippen MR) is 87.7 cm³/mol. The number of sulfonamides is 1. The molecule has 23 heavy (non-hydrogen) atoms. The normalized spacial score (nSPS) is 16.4. The highest BCUT2D eigenvalue weighted by Gasteiger charge is 2.26. The molecule has 0 aliphatic carbocycles. The van der Waals surface area contributed by atoms with Gasteiger partial charge in [-0.15, -0.1) is 0 Å². The lowest BCUT2D eigenvalue weighted by Crippen LogP contribution is -2.43. The zero-order valence-corrected chi connectivity index (χ0v) is 14.4. The lowest BCUT2D eigenvalue weighted by molar-refractivity contribution is 0.0363. The van der Waals surface area contributed by atoms with Crippen LogP contribution in [-0.2, 0) is 14.8 Å². The molecule has 1 saturated heterocycles. The molecule has 1 heterocycles. The average Bonchev–Trinajstić information content (AvgIpc) is 2.56. The molecular weight excluding hydrogens is 338 g/mol. The van der Waals surface area contributed by atoms with E-state index in [1.54, 1.807) is 18.2 Å². The van der Waals surface area contributed by atoms with Crippen molar-refractivity contribution in [3.8, 4) is 6.07 Å². The monoisotopic (exact) mass is 357 g/mol. The van der Waals surface area contributed by atoms with Gasteiger partial charge in [0.1, 0.15) is 4.90 Å². The van der Waals surface area contributed by atoms with Crippen LogP contribution in [-0.4, -0.2) is 63.6 Å². The first-order valence-corrected chi connectivity index (χ1v) is 9.29. The second-order valence-electron chi connectivity index (χ2n) is 5.20. The van der Waals surface area contributed by atoms with Crippen molar-refractivity contribution >= 4 is 21.6 Å². The van der Waals surface area contributed by atoms with Crippen LogP contribution in [0.15, 0.2) is 29.2 Å². The Kier molecular flexibility index (Phi) is 6.81. The largest absolute Gasteiger partial charge is 0.379 e. The summed E-state index contributed by atoms with van der Waals surface area (Å²) in [6.45, 7) is 4.00. The molecule has 2 rings (SSSR count). The van der Waals surface area contributed by atoms with Crippen LogP contribution in [0.25, 0.3) is 0 Å². The minimum absolute atomic E-state index is 0.0848. The number of halogens is 1. The summed E-state index contributed by atoms with van der Waals surface area (Å²) in [7, 11) is -3.71. The molecular formula is C15H20ClN3O3S. The summed E-state index contributed by atoms with van der Waals surface area (Å²) in [5.74, 6) is 0. The number of benzene rings is 1.